The first-order valence-electron chi connectivity index (χ1n) is 11.6. The summed E-state index contributed by atoms with van der Waals surface area (Å²) in [5.41, 5.74) is 9.50. The Bertz CT molecular complexity index is 1400. The summed E-state index contributed by atoms with van der Waals surface area (Å²) in [4.78, 5) is 16.0. The zero-order valence-electron chi connectivity index (χ0n) is 20.0. The maximum absolute atomic E-state index is 4.63. The van der Waals surface area contributed by atoms with Gasteiger partial charge in [0.2, 0.25) is 0 Å². The molecule has 5 heterocycles. The number of rotatable bonds is 0. The van der Waals surface area contributed by atoms with Crippen LogP contribution in [0.15, 0.2) is 72.8 Å². The van der Waals surface area contributed by atoms with Crippen molar-refractivity contribution in [3.05, 3.63) is 101 Å². The first kappa shape index (κ1) is 23.1. The first-order chi connectivity index (χ1) is 16.8. The Morgan fingerprint density at radius 2 is 0.886 bits per heavy atom. The number of nitrogens with one attached hydrogen (secondary N) is 2. The molecule has 0 radical (unpaired) electrons. The van der Waals surface area contributed by atoms with Crippen LogP contribution in [0.5, 0.6) is 0 Å². The van der Waals surface area contributed by atoms with Gasteiger partial charge in [-0.2, -0.15) is 0 Å². The van der Waals surface area contributed by atoms with Crippen LogP contribution in [0.25, 0.3) is 46.4 Å². The molecule has 2 aliphatic heterocycles. The third-order valence-corrected chi connectivity index (χ3v) is 6.15. The molecule has 0 amide bonds. The number of benzene rings is 1. The number of nitrogens with zero attached hydrogens (tertiary/aromatic N) is 2. The summed E-state index contributed by atoms with van der Waals surface area (Å²) in [6, 6.07) is 24.8. The summed E-state index contributed by atoms with van der Waals surface area (Å²) >= 11 is 3.41. The van der Waals surface area contributed by atoms with Crippen molar-refractivity contribution in [3.8, 4) is 0 Å². The van der Waals surface area contributed by atoms with Gasteiger partial charge in [-0.1, -0.05) is 0 Å². The monoisotopic (exact) mass is 498 g/mol. The molecule has 6 rings (SSSR count). The molecule has 2 N–H and O–H groups in total. The molecule has 3 aromatic heterocycles. The van der Waals surface area contributed by atoms with Crippen LogP contribution in [0, 0.1) is 0 Å². The Hall–Kier alpha value is -3.66. The molecule has 4 nitrogen and oxygen atoms in total. The number of hydrogen-bond donors (Lipinski definition) is 2. The van der Waals surface area contributed by atoms with E-state index in [9.17, 15) is 0 Å². The summed E-state index contributed by atoms with van der Waals surface area (Å²) < 4.78 is 1.14. The second kappa shape index (κ2) is 9.53. The second-order valence-corrected chi connectivity index (χ2v) is 10.3. The Kier molecular flexibility index (Phi) is 6.29. The molecule has 0 saturated carbocycles. The van der Waals surface area contributed by atoms with Gasteiger partial charge in [0.15, 0.2) is 0 Å². The van der Waals surface area contributed by atoms with E-state index in [-0.39, 0.29) is 5.41 Å². The zero-order chi connectivity index (χ0) is 24.4. The molecule has 1 aromatic carbocycles. The molecule has 8 bridgehead atoms. The summed E-state index contributed by atoms with van der Waals surface area (Å²) in [7, 11) is 0. The van der Waals surface area contributed by atoms with E-state index in [1.807, 2.05) is 48.6 Å². The van der Waals surface area contributed by atoms with Crippen molar-refractivity contribution >= 4 is 50.8 Å². The van der Waals surface area contributed by atoms with E-state index in [2.05, 4.69) is 105 Å². The molecule has 2 aliphatic rings. The predicted molar refractivity (Wildman–Crippen MR) is 144 cm³/mol. The van der Waals surface area contributed by atoms with Crippen LogP contribution in [-0.2, 0) is 21.4 Å². The number of H-pyrrole nitrogens is 2. The fourth-order valence-electron chi connectivity index (χ4n) is 3.89. The van der Waals surface area contributed by atoms with Crippen LogP contribution < -0.4 is 4.46 Å². The second-order valence-electron chi connectivity index (χ2n) is 9.66. The Balaban J connectivity index is 0.000000195. The molecule has 0 aliphatic carbocycles. The molecule has 0 atom stereocenters. The van der Waals surface area contributed by atoms with Gasteiger partial charge in [-0.3, -0.25) is 0 Å². The van der Waals surface area contributed by atoms with E-state index in [0.717, 1.165) is 49.3 Å². The number of aromatic amines is 2. The van der Waals surface area contributed by atoms with Gasteiger partial charge < -0.3 is 9.97 Å². The van der Waals surface area contributed by atoms with Gasteiger partial charge in [0, 0.05) is 22.1 Å². The summed E-state index contributed by atoms with van der Waals surface area (Å²) in [6.45, 7) is 6.66. The van der Waals surface area contributed by atoms with Gasteiger partial charge in [0.25, 0.3) is 0 Å². The zero-order valence-corrected chi connectivity index (χ0v) is 21.2. The molecule has 0 fully saturated rings. The SMILES string of the molecule is C1=Cc2cc3ccc(cc4nc(cc5ccc(cc1n2)[nH]5)C=C4)[nH]3.CC(C)(C)c1cc[c]([Mn])cc1. The number of fused-ring (bicyclic) bond motifs is 8. The molecule has 4 aromatic rings. The number of hydrogen-bond acceptors (Lipinski definition) is 2. The van der Waals surface area contributed by atoms with Crippen LogP contribution in [0.2, 0.25) is 0 Å². The van der Waals surface area contributed by atoms with Crippen molar-refractivity contribution in [3.63, 3.8) is 0 Å². The average molecular weight is 499 g/mol. The Labute approximate surface area is 213 Å². The van der Waals surface area contributed by atoms with Gasteiger partial charge in [-0.05, 0) is 72.8 Å². The van der Waals surface area contributed by atoms with Crippen LogP contribution in [0.4, 0.5) is 0 Å². The van der Waals surface area contributed by atoms with E-state index in [1.165, 1.54) is 5.56 Å². The molecule has 5 heteroatoms. The normalized spacial score (nSPS) is 12.3. The van der Waals surface area contributed by atoms with Crippen molar-refractivity contribution in [2.24, 2.45) is 0 Å². The van der Waals surface area contributed by atoms with Crippen molar-refractivity contribution in [2.75, 3.05) is 0 Å². The Morgan fingerprint density at radius 1 is 0.543 bits per heavy atom. The minimum absolute atomic E-state index is 0.265. The van der Waals surface area contributed by atoms with E-state index in [4.69, 9.17) is 0 Å². The molecule has 35 heavy (non-hydrogen) atoms. The van der Waals surface area contributed by atoms with Gasteiger partial charge in [0.05, 0.1) is 22.8 Å². The van der Waals surface area contributed by atoms with E-state index in [1.54, 1.807) is 0 Å². The van der Waals surface area contributed by atoms with Crippen LogP contribution >= 0.6 is 0 Å². The molecular formula is C30H27MnN4. The average Bonchev–Trinajstić information content (AvgIpc) is 3.60. The maximum atomic E-state index is 4.63. The molecular weight excluding hydrogens is 471 g/mol. The third kappa shape index (κ3) is 5.89. The van der Waals surface area contributed by atoms with Crippen LogP contribution in [0.3, 0.4) is 0 Å². The van der Waals surface area contributed by atoms with Gasteiger partial charge >= 0.3 is 76.5 Å². The first-order valence-corrected chi connectivity index (χ1v) is 12.2. The van der Waals surface area contributed by atoms with E-state index < -0.39 is 0 Å². The standard InChI is InChI=1S/C20H14N4.C10H13.Mn/c1-2-14-10-16-5-6-18(23-16)12-20-8-7-19(24-20)11-17-4-3-15(22-17)9-13(1)21-14;1-10(2,3)9-7-5-4-6-8-9;/h1-12,21,24H;5-8H,1-3H3;. The minimum atomic E-state index is 0.265. The van der Waals surface area contributed by atoms with Crippen molar-refractivity contribution in [1.82, 2.24) is 19.9 Å². The van der Waals surface area contributed by atoms with Crippen LogP contribution in [0.1, 0.15) is 49.1 Å². The van der Waals surface area contributed by atoms with Gasteiger partial charge in [-0.25, -0.2) is 9.97 Å². The van der Waals surface area contributed by atoms with E-state index >= 15 is 0 Å². The fraction of sp³-hybridized carbons (Fsp3) is 0.133. The number of aromatic nitrogens is 4. The Morgan fingerprint density at radius 3 is 1.20 bits per heavy atom. The molecule has 0 spiro atoms. The van der Waals surface area contributed by atoms with Crippen molar-refractivity contribution in [2.45, 2.75) is 26.2 Å². The van der Waals surface area contributed by atoms with Crippen LogP contribution in [-0.4, -0.2) is 19.9 Å². The van der Waals surface area contributed by atoms with Gasteiger partial charge in [0.1, 0.15) is 0 Å². The topological polar surface area (TPSA) is 57.4 Å². The van der Waals surface area contributed by atoms with Crippen molar-refractivity contribution < 1.29 is 16.0 Å². The summed E-state index contributed by atoms with van der Waals surface area (Å²) in [5.74, 6) is 0. The van der Waals surface area contributed by atoms with Crippen molar-refractivity contribution in [1.29, 1.82) is 0 Å². The molecule has 0 unspecified atom stereocenters. The summed E-state index contributed by atoms with van der Waals surface area (Å²) in [5, 5.41) is 0. The van der Waals surface area contributed by atoms with E-state index in [0.29, 0.717) is 0 Å². The fourth-order valence-corrected chi connectivity index (χ4v) is 4.09. The predicted octanol–water partition coefficient (Wildman–Crippen LogP) is 6.81. The summed E-state index contributed by atoms with van der Waals surface area (Å²) in [6.07, 6.45) is 8.09. The quantitative estimate of drug-likeness (QED) is 0.226. The third-order valence-electron chi connectivity index (χ3n) is 5.75. The van der Waals surface area contributed by atoms with Gasteiger partial charge in [-0.15, -0.1) is 0 Å². The molecule has 174 valence electrons. The molecule has 0 saturated heterocycles.